The number of hydrogen-bond donors (Lipinski definition) is 5. The normalized spacial score (nSPS) is 25.4. The molecule has 5 atom stereocenters. The summed E-state index contributed by atoms with van der Waals surface area (Å²) in [5, 5.41) is 33.3. The van der Waals surface area contributed by atoms with Gasteiger partial charge in [0.2, 0.25) is 0 Å². The Morgan fingerprint density at radius 2 is 1.69 bits per heavy atom. The maximum Gasteiger partial charge on any atom is 0.573 e. The van der Waals surface area contributed by atoms with Crippen LogP contribution < -0.4 is 15.8 Å². The average Bonchev–Trinajstić information content (AvgIpc) is 2.79. The van der Waals surface area contributed by atoms with Crippen molar-refractivity contribution < 1.29 is 51.1 Å². The Morgan fingerprint density at radius 1 is 1.09 bits per heavy atom. The first-order valence-electron chi connectivity index (χ1n) is 9.91. The zero-order valence-electron chi connectivity index (χ0n) is 17.5. The molecular weight excluding hydrogens is 506 g/mol. The number of hydrogen-bond acceptors (Lipinski definition) is 8. The number of rotatable bonds is 7. The first-order valence-corrected chi connectivity index (χ1v) is 10.8. The van der Waals surface area contributed by atoms with Crippen molar-refractivity contribution >= 4 is 17.5 Å². The molecule has 192 valence electrons. The molecule has 35 heavy (non-hydrogen) atoms. The fraction of sp³-hybridized carbons (Fsp3) is 0.333. The molecule has 3 rings (SSSR count). The molecule has 0 amide bonds. The number of thioether (sulfide) groups is 1. The van der Waals surface area contributed by atoms with Crippen LogP contribution in [0.3, 0.4) is 0 Å². The third kappa shape index (κ3) is 6.73. The predicted molar refractivity (Wildman–Crippen MR) is 112 cm³/mol. The zero-order chi connectivity index (χ0) is 25.9. The molecule has 0 spiro atoms. The second-order valence-corrected chi connectivity index (χ2v) is 8.56. The summed E-state index contributed by atoms with van der Waals surface area (Å²) in [7, 11) is 0. The van der Waals surface area contributed by atoms with E-state index in [1.165, 1.54) is 12.1 Å². The number of aliphatic hydroxyl groups excluding tert-OH is 3. The van der Waals surface area contributed by atoms with E-state index in [1.54, 1.807) is 0 Å². The van der Waals surface area contributed by atoms with Gasteiger partial charge in [0.25, 0.3) is 0 Å². The van der Waals surface area contributed by atoms with Crippen molar-refractivity contribution in [2.75, 3.05) is 6.61 Å². The third-order valence-electron chi connectivity index (χ3n) is 4.94. The number of benzene rings is 2. The SMILES string of the molecule is N/C(=C\NC1C(O)C(CO)OC(Sc2ccc(OC(F)(F)F)cc2)C1O)c1cc(F)c(F)c(F)c1. The molecule has 1 aliphatic rings. The quantitative estimate of drug-likeness (QED) is 0.276. The van der Waals surface area contributed by atoms with Crippen LogP contribution in [-0.4, -0.2) is 58.1 Å². The number of alkyl halides is 3. The maximum absolute atomic E-state index is 13.5. The standard InChI is InChI=1S/C21H20F6N2O5S/c22-12-5-9(6-13(23)16(12)24)14(28)7-29-17-18(31)15(8-30)33-20(19(17)32)35-11-3-1-10(2-4-11)34-21(25,26)27/h1-7,15,17-20,29-32H,8,28H2/b14-7-. The summed E-state index contributed by atoms with van der Waals surface area (Å²) >= 11 is 0.896. The summed E-state index contributed by atoms with van der Waals surface area (Å²) in [6, 6.07) is 4.82. The van der Waals surface area contributed by atoms with Crippen molar-refractivity contribution in [1.82, 2.24) is 5.32 Å². The van der Waals surface area contributed by atoms with Gasteiger partial charge in [0, 0.05) is 16.7 Å². The molecular formula is C21H20F6N2O5S. The van der Waals surface area contributed by atoms with E-state index in [0.29, 0.717) is 17.0 Å². The van der Waals surface area contributed by atoms with Gasteiger partial charge in [-0.25, -0.2) is 13.2 Å². The molecule has 1 heterocycles. The molecule has 14 heteroatoms. The van der Waals surface area contributed by atoms with Gasteiger partial charge in [0.1, 0.15) is 29.5 Å². The summed E-state index contributed by atoms with van der Waals surface area (Å²) in [6.45, 7) is -0.644. The molecule has 0 bridgehead atoms. The molecule has 0 aromatic heterocycles. The van der Waals surface area contributed by atoms with Crippen LogP contribution in [0.4, 0.5) is 26.3 Å². The van der Waals surface area contributed by atoms with Crippen molar-refractivity contribution in [3.8, 4) is 5.75 Å². The van der Waals surface area contributed by atoms with E-state index in [-0.39, 0.29) is 11.3 Å². The largest absolute Gasteiger partial charge is 0.573 e. The number of aliphatic hydroxyl groups is 3. The van der Waals surface area contributed by atoms with Gasteiger partial charge in [0.05, 0.1) is 18.3 Å². The smallest absolute Gasteiger partial charge is 0.406 e. The Bertz CT molecular complexity index is 1030. The monoisotopic (exact) mass is 526 g/mol. The maximum atomic E-state index is 13.5. The van der Waals surface area contributed by atoms with Crippen LogP contribution in [0.5, 0.6) is 5.75 Å². The van der Waals surface area contributed by atoms with Crippen molar-refractivity contribution in [3.63, 3.8) is 0 Å². The summed E-state index contributed by atoms with van der Waals surface area (Å²) < 4.78 is 86.4. The Balaban J connectivity index is 1.75. The van der Waals surface area contributed by atoms with Crippen molar-refractivity contribution in [2.24, 2.45) is 5.73 Å². The van der Waals surface area contributed by atoms with E-state index in [9.17, 15) is 41.7 Å². The minimum atomic E-state index is -4.86. The molecule has 7 nitrogen and oxygen atoms in total. The second kappa shape index (κ2) is 11.0. The van der Waals surface area contributed by atoms with Crippen molar-refractivity contribution in [3.05, 3.63) is 65.6 Å². The molecule has 6 N–H and O–H groups in total. The van der Waals surface area contributed by atoms with Gasteiger partial charge in [-0.3, -0.25) is 0 Å². The van der Waals surface area contributed by atoms with E-state index >= 15 is 0 Å². The fourth-order valence-electron chi connectivity index (χ4n) is 3.23. The Labute approximate surface area is 199 Å². The van der Waals surface area contributed by atoms with E-state index in [0.717, 1.165) is 30.1 Å². The van der Waals surface area contributed by atoms with Gasteiger partial charge in [-0.05, 0) is 36.4 Å². The molecule has 2 aromatic carbocycles. The summed E-state index contributed by atoms with van der Waals surface area (Å²) in [5.74, 6) is -5.06. The minimum absolute atomic E-state index is 0.212. The zero-order valence-corrected chi connectivity index (χ0v) is 18.4. The van der Waals surface area contributed by atoms with E-state index in [4.69, 9.17) is 10.5 Å². The van der Waals surface area contributed by atoms with Crippen LogP contribution >= 0.6 is 11.8 Å². The first kappa shape index (κ1) is 26.9. The Kier molecular flexibility index (Phi) is 8.43. The minimum Gasteiger partial charge on any atom is -0.406 e. The van der Waals surface area contributed by atoms with Gasteiger partial charge in [-0.2, -0.15) is 0 Å². The average molecular weight is 526 g/mol. The van der Waals surface area contributed by atoms with E-state index in [2.05, 4.69) is 10.1 Å². The number of ether oxygens (including phenoxy) is 2. The fourth-order valence-corrected chi connectivity index (χ4v) is 4.30. The lowest BCUT2D eigenvalue weighted by atomic mass is 9.97. The van der Waals surface area contributed by atoms with Crippen molar-refractivity contribution in [2.45, 2.75) is 41.0 Å². The predicted octanol–water partition coefficient (Wildman–Crippen LogP) is 2.45. The molecule has 0 radical (unpaired) electrons. The van der Waals surface area contributed by atoms with E-state index in [1.807, 2.05) is 0 Å². The molecule has 2 aromatic rings. The topological polar surface area (TPSA) is 117 Å². The highest BCUT2D eigenvalue weighted by molar-refractivity contribution is 7.99. The molecule has 1 saturated heterocycles. The molecule has 5 unspecified atom stereocenters. The van der Waals surface area contributed by atoms with Gasteiger partial charge >= 0.3 is 6.36 Å². The van der Waals surface area contributed by atoms with Gasteiger partial charge in [0.15, 0.2) is 17.5 Å². The lowest BCUT2D eigenvalue weighted by Crippen LogP contribution is -2.62. The number of halogens is 6. The lowest BCUT2D eigenvalue weighted by molar-refractivity contribution is -0.274. The van der Waals surface area contributed by atoms with Crippen LogP contribution in [0.2, 0.25) is 0 Å². The molecule has 1 aliphatic heterocycles. The van der Waals surface area contributed by atoms with Crippen LogP contribution in [0.1, 0.15) is 5.56 Å². The van der Waals surface area contributed by atoms with Gasteiger partial charge in [-0.15, -0.1) is 13.2 Å². The molecule has 1 fully saturated rings. The van der Waals surface area contributed by atoms with Gasteiger partial charge < -0.3 is 35.8 Å². The Hall–Kier alpha value is -2.65. The first-order chi connectivity index (χ1) is 16.4. The molecule has 0 aliphatic carbocycles. The highest BCUT2D eigenvalue weighted by Crippen LogP contribution is 2.35. The summed E-state index contributed by atoms with van der Waals surface area (Å²) in [5.41, 5.74) is 4.21. The van der Waals surface area contributed by atoms with E-state index < -0.39 is 66.0 Å². The van der Waals surface area contributed by atoms with Crippen LogP contribution in [-0.2, 0) is 4.74 Å². The van der Waals surface area contributed by atoms with Crippen LogP contribution in [0, 0.1) is 17.5 Å². The molecule has 0 saturated carbocycles. The summed E-state index contributed by atoms with van der Waals surface area (Å²) in [6.07, 6.45) is -7.90. The van der Waals surface area contributed by atoms with Crippen LogP contribution in [0.15, 0.2) is 47.5 Å². The third-order valence-corrected chi connectivity index (χ3v) is 6.11. The second-order valence-electron chi connectivity index (χ2n) is 7.39. The Morgan fingerprint density at radius 3 is 2.23 bits per heavy atom. The summed E-state index contributed by atoms with van der Waals surface area (Å²) in [4.78, 5) is 0.378. The number of nitrogens with two attached hydrogens (primary N) is 1. The van der Waals surface area contributed by atoms with Crippen LogP contribution in [0.25, 0.3) is 5.70 Å². The van der Waals surface area contributed by atoms with Crippen molar-refractivity contribution in [1.29, 1.82) is 0 Å². The highest BCUT2D eigenvalue weighted by Gasteiger charge is 2.44. The number of nitrogens with one attached hydrogen (secondary N) is 1. The lowest BCUT2D eigenvalue weighted by Gasteiger charge is -2.42. The highest BCUT2D eigenvalue weighted by atomic mass is 32.2. The van der Waals surface area contributed by atoms with Gasteiger partial charge in [-0.1, -0.05) is 11.8 Å².